The zero-order valence-corrected chi connectivity index (χ0v) is 10.6. The van der Waals surface area contributed by atoms with Gasteiger partial charge in [0.2, 0.25) is 11.8 Å². The summed E-state index contributed by atoms with van der Waals surface area (Å²) in [4.78, 5) is 40.5. The van der Waals surface area contributed by atoms with E-state index in [0.29, 0.717) is 5.69 Å². The Kier molecular flexibility index (Phi) is 6.38. The number of nitrogens with one attached hydrogen (secondary N) is 2. The second kappa shape index (κ2) is 8.35. The first-order valence-electron chi connectivity index (χ1n) is 5.74. The van der Waals surface area contributed by atoms with E-state index in [1.54, 1.807) is 24.4 Å². The van der Waals surface area contributed by atoms with E-state index in [4.69, 9.17) is 5.11 Å². The first-order valence-corrected chi connectivity index (χ1v) is 5.74. The number of carboxylic acids is 1. The van der Waals surface area contributed by atoms with Crippen LogP contribution in [-0.4, -0.2) is 53.7 Å². The quantitative estimate of drug-likeness (QED) is 0.542. The Morgan fingerprint density at radius 1 is 1.20 bits per heavy atom. The van der Waals surface area contributed by atoms with Crippen LogP contribution in [0, 0.1) is 0 Å². The second-order valence-corrected chi connectivity index (χ2v) is 3.67. The van der Waals surface area contributed by atoms with Gasteiger partial charge in [0.15, 0.2) is 0 Å². The number of amides is 2. The minimum absolute atomic E-state index is 0.136. The summed E-state index contributed by atoms with van der Waals surface area (Å²) in [5.74, 6) is -2.17. The Labute approximate surface area is 114 Å². The molecule has 0 radical (unpaired) electrons. The number of aliphatic imine (C=N–C) groups is 1. The summed E-state index contributed by atoms with van der Waals surface area (Å²) in [5.41, 5.74) is 0.625. The number of carbonyl (C=O) groups is 3. The predicted molar refractivity (Wildman–Crippen MR) is 70.4 cm³/mol. The molecule has 0 saturated carbocycles. The van der Waals surface area contributed by atoms with Gasteiger partial charge in [0, 0.05) is 12.4 Å². The first-order chi connectivity index (χ1) is 9.58. The number of carbonyl (C=O) groups excluding carboxylic acids is 2. The maximum atomic E-state index is 11.3. The Hall–Kier alpha value is -2.77. The van der Waals surface area contributed by atoms with Crippen molar-refractivity contribution >= 4 is 24.0 Å². The van der Waals surface area contributed by atoms with E-state index in [-0.39, 0.29) is 13.1 Å². The van der Waals surface area contributed by atoms with Crippen LogP contribution in [0.4, 0.5) is 0 Å². The molecular weight excluding hydrogens is 264 g/mol. The van der Waals surface area contributed by atoms with Gasteiger partial charge in [0.25, 0.3) is 0 Å². The highest BCUT2D eigenvalue weighted by molar-refractivity contribution is 5.88. The van der Waals surface area contributed by atoms with Crippen molar-refractivity contribution in [2.45, 2.75) is 0 Å². The van der Waals surface area contributed by atoms with Crippen LogP contribution < -0.4 is 10.6 Å². The van der Waals surface area contributed by atoms with Crippen LogP contribution in [-0.2, 0) is 14.4 Å². The van der Waals surface area contributed by atoms with Gasteiger partial charge >= 0.3 is 5.97 Å². The van der Waals surface area contributed by atoms with Gasteiger partial charge in [-0.2, -0.15) is 0 Å². The van der Waals surface area contributed by atoms with Gasteiger partial charge in [0.05, 0.1) is 12.2 Å². The maximum absolute atomic E-state index is 11.3. The molecule has 1 aromatic rings. The molecule has 106 valence electrons. The van der Waals surface area contributed by atoms with Crippen molar-refractivity contribution in [3.05, 3.63) is 30.1 Å². The molecule has 3 N–H and O–H groups in total. The SMILES string of the molecule is O=C(O)CNC(=O)CNC(=O)CN=Cc1ccccn1. The molecule has 2 amide bonds. The average Bonchev–Trinajstić information content (AvgIpc) is 2.44. The van der Waals surface area contributed by atoms with Gasteiger partial charge < -0.3 is 15.7 Å². The highest BCUT2D eigenvalue weighted by Gasteiger charge is 2.05. The van der Waals surface area contributed by atoms with Crippen LogP contribution in [0.15, 0.2) is 29.4 Å². The van der Waals surface area contributed by atoms with Crippen molar-refractivity contribution in [2.24, 2.45) is 4.99 Å². The van der Waals surface area contributed by atoms with Crippen molar-refractivity contribution in [1.29, 1.82) is 0 Å². The number of hydrogen-bond donors (Lipinski definition) is 3. The van der Waals surface area contributed by atoms with Crippen molar-refractivity contribution in [3.8, 4) is 0 Å². The molecule has 0 aromatic carbocycles. The average molecular weight is 278 g/mol. The molecule has 8 nitrogen and oxygen atoms in total. The summed E-state index contributed by atoms with van der Waals surface area (Å²) >= 11 is 0. The lowest BCUT2D eigenvalue weighted by molar-refractivity contribution is -0.137. The van der Waals surface area contributed by atoms with E-state index in [1.807, 2.05) is 0 Å². The third-order valence-electron chi connectivity index (χ3n) is 2.03. The number of pyridine rings is 1. The predicted octanol–water partition coefficient (Wildman–Crippen LogP) is -1.18. The summed E-state index contributed by atoms with van der Waals surface area (Å²) in [7, 11) is 0. The fraction of sp³-hybridized carbons (Fsp3) is 0.250. The van der Waals surface area contributed by atoms with Gasteiger partial charge in [-0.1, -0.05) is 6.07 Å². The van der Waals surface area contributed by atoms with Gasteiger partial charge in [-0.3, -0.25) is 24.4 Å². The smallest absolute Gasteiger partial charge is 0.322 e. The summed E-state index contributed by atoms with van der Waals surface area (Å²) in [6.07, 6.45) is 3.05. The second-order valence-electron chi connectivity index (χ2n) is 3.67. The van der Waals surface area contributed by atoms with Crippen LogP contribution in [0.25, 0.3) is 0 Å². The number of carboxylic acid groups (broad SMARTS) is 1. The Bertz CT molecular complexity index is 501. The molecule has 0 aliphatic carbocycles. The minimum Gasteiger partial charge on any atom is -0.480 e. The third-order valence-corrected chi connectivity index (χ3v) is 2.03. The van der Waals surface area contributed by atoms with Crippen molar-refractivity contribution < 1.29 is 19.5 Å². The van der Waals surface area contributed by atoms with E-state index in [2.05, 4.69) is 20.6 Å². The Balaban J connectivity index is 2.22. The fourth-order valence-corrected chi connectivity index (χ4v) is 1.15. The molecule has 8 heteroatoms. The van der Waals surface area contributed by atoms with Crippen LogP contribution in [0.1, 0.15) is 5.69 Å². The normalized spacial score (nSPS) is 10.2. The molecule has 0 atom stereocenters. The molecule has 0 bridgehead atoms. The van der Waals surface area contributed by atoms with E-state index in [9.17, 15) is 14.4 Å². The molecule has 1 aromatic heterocycles. The summed E-state index contributed by atoms with van der Waals surface area (Å²) in [6.45, 7) is -0.902. The van der Waals surface area contributed by atoms with Gasteiger partial charge in [-0.15, -0.1) is 0 Å². The number of aromatic nitrogens is 1. The third kappa shape index (κ3) is 6.84. The maximum Gasteiger partial charge on any atom is 0.322 e. The van der Waals surface area contributed by atoms with Gasteiger partial charge in [0.1, 0.15) is 13.1 Å². The van der Waals surface area contributed by atoms with Crippen LogP contribution in [0.5, 0.6) is 0 Å². The van der Waals surface area contributed by atoms with E-state index in [1.165, 1.54) is 6.21 Å². The number of aliphatic carboxylic acids is 1. The van der Waals surface area contributed by atoms with Gasteiger partial charge in [-0.25, -0.2) is 0 Å². The molecular formula is C12H14N4O4. The zero-order chi connectivity index (χ0) is 14.8. The number of hydrogen-bond acceptors (Lipinski definition) is 5. The lowest BCUT2D eigenvalue weighted by Crippen LogP contribution is -2.39. The molecule has 0 aliphatic rings. The molecule has 20 heavy (non-hydrogen) atoms. The lowest BCUT2D eigenvalue weighted by Gasteiger charge is -2.03. The molecule has 1 rings (SSSR count). The highest BCUT2D eigenvalue weighted by atomic mass is 16.4. The highest BCUT2D eigenvalue weighted by Crippen LogP contribution is 1.88. The first kappa shape index (κ1) is 15.3. The summed E-state index contributed by atoms with van der Waals surface area (Å²) < 4.78 is 0. The van der Waals surface area contributed by atoms with E-state index in [0.717, 1.165) is 0 Å². The largest absolute Gasteiger partial charge is 0.480 e. The minimum atomic E-state index is -1.15. The summed E-state index contributed by atoms with van der Waals surface area (Å²) in [6, 6.07) is 5.29. The molecule has 0 fully saturated rings. The molecule has 0 saturated heterocycles. The number of rotatable bonds is 7. The monoisotopic (exact) mass is 278 g/mol. The molecule has 0 spiro atoms. The van der Waals surface area contributed by atoms with Crippen LogP contribution >= 0.6 is 0 Å². The summed E-state index contributed by atoms with van der Waals surface area (Å²) in [5, 5.41) is 12.8. The van der Waals surface area contributed by atoms with Crippen LogP contribution in [0.3, 0.4) is 0 Å². The van der Waals surface area contributed by atoms with Crippen molar-refractivity contribution in [3.63, 3.8) is 0 Å². The van der Waals surface area contributed by atoms with Gasteiger partial charge in [-0.05, 0) is 12.1 Å². The van der Waals surface area contributed by atoms with Crippen molar-refractivity contribution in [2.75, 3.05) is 19.6 Å². The number of nitrogens with zero attached hydrogens (tertiary/aromatic N) is 2. The standard InChI is InChI=1S/C12H14N4O4/c17-10(15-7-11(18)16-8-12(19)20)6-13-5-9-3-1-2-4-14-9/h1-5H,6-8H2,(H,15,17)(H,16,18)(H,19,20). The lowest BCUT2D eigenvalue weighted by atomic mass is 10.4. The van der Waals surface area contributed by atoms with E-state index >= 15 is 0 Å². The topological polar surface area (TPSA) is 121 Å². The van der Waals surface area contributed by atoms with Crippen molar-refractivity contribution in [1.82, 2.24) is 15.6 Å². The molecule has 1 heterocycles. The molecule has 0 unspecified atom stereocenters. The zero-order valence-electron chi connectivity index (χ0n) is 10.6. The Morgan fingerprint density at radius 2 is 1.95 bits per heavy atom. The molecule has 0 aliphatic heterocycles. The Morgan fingerprint density at radius 3 is 2.60 bits per heavy atom. The van der Waals surface area contributed by atoms with Crippen LogP contribution in [0.2, 0.25) is 0 Å². The van der Waals surface area contributed by atoms with E-state index < -0.39 is 24.3 Å². The fourth-order valence-electron chi connectivity index (χ4n) is 1.15.